The van der Waals surface area contributed by atoms with Gasteiger partial charge in [-0.15, -0.1) is 0 Å². The van der Waals surface area contributed by atoms with Crippen molar-refractivity contribution in [3.8, 4) is 5.75 Å². The molecule has 0 bridgehead atoms. The minimum Gasteiger partial charge on any atom is -0.496 e. The van der Waals surface area contributed by atoms with Crippen molar-refractivity contribution < 1.29 is 14.6 Å². The van der Waals surface area contributed by atoms with Crippen molar-refractivity contribution in [1.29, 1.82) is 0 Å². The van der Waals surface area contributed by atoms with E-state index in [1.807, 2.05) is 0 Å². The van der Waals surface area contributed by atoms with Gasteiger partial charge in [-0.05, 0) is 62.1 Å². The fraction of sp³-hybridized carbons (Fsp3) is 0.562. The molecule has 0 atom stereocenters. The number of carbonyl (C=O) groups is 1. The van der Waals surface area contributed by atoms with Gasteiger partial charge in [-0.25, -0.2) is 0 Å². The largest absolute Gasteiger partial charge is 0.496 e. The molecule has 0 heterocycles. The molecule has 1 N–H and O–H groups in total. The van der Waals surface area contributed by atoms with Crippen LogP contribution in [0.1, 0.15) is 48.3 Å². The molecule has 19 heavy (non-hydrogen) atoms. The molecule has 104 valence electrons. The minimum atomic E-state index is -0.638. The van der Waals surface area contributed by atoms with Crippen LogP contribution in [0.15, 0.2) is 12.1 Å². The highest BCUT2D eigenvalue weighted by atomic mass is 16.5. The summed E-state index contributed by atoms with van der Waals surface area (Å²) in [6.07, 6.45) is 3.54. The molecule has 1 aliphatic rings. The van der Waals surface area contributed by atoms with Gasteiger partial charge < -0.3 is 9.84 Å². The maximum atomic E-state index is 11.0. The molecule has 1 saturated carbocycles. The Morgan fingerprint density at radius 3 is 2.11 bits per heavy atom. The highest BCUT2D eigenvalue weighted by Gasteiger charge is 2.27. The van der Waals surface area contributed by atoms with E-state index in [1.54, 1.807) is 7.11 Å². The van der Waals surface area contributed by atoms with Crippen molar-refractivity contribution in [2.24, 2.45) is 5.92 Å². The van der Waals surface area contributed by atoms with Crippen LogP contribution < -0.4 is 4.74 Å². The summed E-state index contributed by atoms with van der Waals surface area (Å²) in [5, 5.41) is 9.04. The van der Waals surface area contributed by atoms with E-state index in [0.717, 1.165) is 42.6 Å². The SMILES string of the molecule is COc1c(C)cc(C2CCC(C(=O)O)CC2)cc1C. The quantitative estimate of drug-likeness (QED) is 0.904. The summed E-state index contributed by atoms with van der Waals surface area (Å²) >= 11 is 0. The monoisotopic (exact) mass is 262 g/mol. The number of hydrogen-bond donors (Lipinski definition) is 1. The molecular weight excluding hydrogens is 240 g/mol. The predicted octanol–water partition coefficient (Wildman–Crippen LogP) is 3.67. The zero-order valence-electron chi connectivity index (χ0n) is 11.9. The van der Waals surface area contributed by atoms with Gasteiger partial charge >= 0.3 is 5.97 Å². The van der Waals surface area contributed by atoms with E-state index in [4.69, 9.17) is 9.84 Å². The smallest absolute Gasteiger partial charge is 0.306 e. The van der Waals surface area contributed by atoms with Gasteiger partial charge in [-0.3, -0.25) is 4.79 Å². The van der Waals surface area contributed by atoms with Gasteiger partial charge in [0.15, 0.2) is 0 Å². The lowest BCUT2D eigenvalue weighted by Crippen LogP contribution is -2.20. The second kappa shape index (κ2) is 5.64. The summed E-state index contributed by atoms with van der Waals surface area (Å²) in [6.45, 7) is 4.14. The average Bonchev–Trinajstić information content (AvgIpc) is 2.38. The lowest BCUT2D eigenvalue weighted by atomic mass is 9.78. The van der Waals surface area contributed by atoms with Crippen LogP contribution in [0.5, 0.6) is 5.75 Å². The van der Waals surface area contributed by atoms with Gasteiger partial charge in [-0.2, -0.15) is 0 Å². The lowest BCUT2D eigenvalue weighted by Gasteiger charge is -2.27. The van der Waals surface area contributed by atoms with E-state index in [0.29, 0.717) is 5.92 Å². The zero-order valence-corrected chi connectivity index (χ0v) is 11.9. The summed E-state index contributed by atoms with van der Waals surface area (Å²) in [5.74, 6) is 0.680. The molecule has 1 aliphatic carbocycles. The summed E-state index contributed by atoms with van der Waals surface area (Å²) < 4.78 is 5.39. The van der Waals surface area contributed by atoms with Gasteiger partial charge in [-0.1, -0.05) is 12.1 Å². The molecule has 3 nitrogen and oxygen atoms in total. The maximum Gasteiger partial charge on any atom is 0.306 e. The third-order valence-electron chi connectivity index (χ3n) is 4.23. The highest BCUT2D eigenvalue weighted by Crippen LogP contribution is 2.38. The van der Waals surface area contributed by atoms with E-state index in [2.05, 4.69) is 26.0 Å². The summed E-state index contributed by atoms with van der Waals surface area (Å²) in [5.41, 5.74) is 3.66. The Bertz CT molecular complexity index is 448. The van der Waals surface area contributed by atoms with Crippen LogP contribution in [0.25, 0.3) is 0 Å². The van der Waals surface area contributed by atoms with Gasteiger partial charge in [0.2, 0.25) is 0 Å². The van der Waals surface area contributed by atoms with Gasteiger partial charge in [0.25, 0.3) is 0 Å². The predicted molar refractivity (Wildman–Crippen MR) is 74.8 cm³/mol. The molecule has 1 fully saturated rings. The fourth-order valence-corrected chi connectivity index (χ4v) is 3.22. The number of hydrogen-bond acceptors (Lipinski definition) is 2. The fourth-order valence-electron chi connectivity index (χ4n) is 3.22. The first-order chi connectivity index (χ1) is 9.02. The topological polar surface area (TPSA) is 46.5 Å². The van der Waals surface area contributed by atoms with Crippen molar-refractivity contribution in [3.63, 3.8) is 0 Å². The van der Waals surface area contributed by atoms with E-state index in [-0.39, 0.29) is 5.92 Å². The summed E-state index contributed by atoms with van der Waals surface area (Å²) in [7, 11) is 1.70. The van der Waals surface area contributed by atoms with Crippen LogP contribution in [-0.2, 0) is 4.79 Å². The minimum absolute atomic E-state index is 0.142. The van der Waals surface area contributed by atoms with Crippen LogP contribution in [0.4, 0.5) is 0 Å². The molecule has 0 unspecified atom stereocenters. The molecule has 0 spiro atoms. The number of carboxylic acid groups (broad SMARTS) is 1. The Morgan fingerprint density at radius 1 is 1.16 bits per heavy atom. The Balaban J connectivity index is 2.14. The van der Waals surface area contributed by atoms with Gasteiger partial charge in [0.05, 0.1) is 13.0 Å². The van der Waals surface area contributed by atoms with Crippen LogP contribution in [0, 0.1) is 19.8 Å². The van der Waals surface area contributed by atoms with Crippen LogP contribution >= 0.6 is 0 Å². The number of ether oxygens (including phenoxy) is 1. The number of benzene rings is 1. The van der Waals surface area contributed by atoms with Crippen LogP contribution in [0.2, 0.25) is 0 Å². The Kier molecular flexibility index (Phi) is 4.13. The second-order valence-corrected chi connectivity index (χ2v) is 5.57. The first-order valence-corrected chi connectivity index (χ1v) is 6.91. The average molecular weight is 262 g/mol. The first kappa shape index (κ1) is 13.9. The van der Waals surface area contributed by atoms with Crippen molar-refractivity contribution in [2.75, 3.05) is 7.11 Å². The van der Waals surface area contributed by atoms with E-state index in [9.17, 15) is 4.79 Å². The summed E-state index contributed by atoms with van der Waals surface area (Å²) in [6, 6.07) is 4.38. The molecule has 0 saturated heterocycles. The molecule has 2 rings (SSSR count). The van der Waals surface area contributed by atoms with Crippen molar-refractivity contribution in [3.05, 3.63) is 28.8 Å². The molecule has 1 aromatic rings. The third kappa shape index (κ3) is 2.91. The van der Waals surface area contributed by atoms with Crippen molar-refractivity contribution in [2.45, 2.75) is 45.4 Å². The lowest BCUT2D eigenvalue weighted by molar-refractivity contribution is -0.142. The summed E-state index contributed by atoms with van der Waals surface area (Å²) in [4.78, 5) is 11.0. The molecule has 0 aromatic heterocycles. The third-order valence-corrected chi connectivity index (χ3v) is 4.23. The second-order valence-electron chi connectivity index (χ2n) is 5.57. The number of carboxylic acids is 1. The highest BCUT2D eigenvalue weighted by molar-refractivity contribution is 5.70. The molecule has 0 amide bonds. The Morgan fingerprint density at radius 2 is 1.68 bits per heavy atom. The molecule has 3 heteroatoms. The van der Waals surface area contributed by atoms with E-state index >= 15 is 0 Å². The molecule has 0 aliphatic heterocycles. The standard InChI is InChI=1S/C16H22O3/c1-10-8-14(9-11(2)15(10)19-3)12-4-6-13(7-5-12)16(17)18/h8-9,12-13H,4-7H2,1-3H3,(H,17,18). The Hall–Kier alpha value is -1.51. The first-order valence-electron chi connectivity index (χ1n) is 6.91. The van der Waals surface area contributed by atoms with E-state index in [1.165, 1.54) is 5.56 Å². The molecular formula is C16H22O3. The maximum absolute atomic E-state index is 11.0. The van der Waals surface area contributed by atoms with Crippen LogP contribution in [0.3, 0.4) is 0 Å². The normalized spacial score (nSPS) is 23.1. The molecule has 1 aromatic carbocycles. The number of methoxy groups -OCH3 is 1. The van der Waals surface area contributed by atoms with Crippen molar-refractivity contribution >= 4 is 5.97 Å². The molecule has 0 radical (unpaired) electrons. The van der Waals surface area contributed by atoms with Crippen molar-refractivity contribution in [1.82, 2.24) is 0 Å². The number of aliphatic carboxylic acids is 1. The van der Waals surface area contributed by atoms with Gasteiger partial charge in [0, 0.05) is 0 Å². The zero-order chi connectivity index (χ0) is 14.0. The van der Waals surface area contributed by atoms with E-state index < -0.39 is 5.97 Å². The number of rotatable bonds is 3. The van der Waals surface area contributed by atoms with Crippen LogP contribution in [-0.4, -0.2) is 18.2 Å². The number of aryl methyl sites for hydroxylation is 2. The van der Waals surface area contributed by atoms with Gasteiger partial charge in [0.1, 0.15) is 5.75 Å². The Labute approximate surface area is 114 Å².